The van der Waals surface area contributed by atoms with Gasteiger partial charge in [0.2, 0.25) is 0 Å². The molecule has 0 heterocycles. The van der Waals surface area contributed by atoms with Crippen molar-refractivity contribution in [1.82, 2.24) is 5.32 Å². The molecule has 49 heavy (non-hydrogen) atoms. The Morgan fingerprint density at radius 1 is 0.694 bits per heavy atom. The monoisotopic (exact) mass is 670 g/mol. The molecule has 0 saturated heterocycles. The highest BCUT2D eigenvalue weighted by atomic mass is 16.5. The Hall–Kier alpha value is -4.78. The van der Waals surface area contributed by atoms with E-state index in [1.165, 1.54) is 6.07 Å². The van der Waals surface area contributed by atoms with Gasteiger partial charge in [-0.1, -0.05) is 55.3 Å². The van der Waals surface area contributed by atoms with Crippen LogP contribution in [0.25, 0.3) is 0 Å². The fraction of sp³-hybridized carbons (Fsp3) is 0.316. The standard InChI is InChI=1S/C38H46N4O7/c43-26-31-23-30(16-17-35(31)44)36(45)25-39-18-6-1-2-7-19-48-20-21-49-27-28-10-8-13-32(22-28)41-38(47)42-34-15-9-14-33(24-34)40-37(46)29-11-4-3-5-12-29/h3-5,8-17,22-24,36,39,43-45H,1-2,6-7,18-21,25-27H2,(H,40,46)(H2,41,42,47)/t36-/m0/s1. The third-order valence-corrected chi connectivity index (χ3v) is 7.63. The summed E-state index contributed by atoms with van der Waals surface area (Å²) in [5.41, 5.74) is 4.27. The summed E-state index contributed by atoms with van der Waals surface area (Å²) in [4.78, 5) is 25.1. The van der Waals surface area contributed by atoms with Crippen molar-refractivity contribution in [1.29, 1.82) is 0 Å². The minimum atomic E-state index is -0.702. The number of hydrogen-bond donors (Lipinski definition) is 7. The zero-order valence-corrected chi connectivity index (χ0v) is 27.6. The molecule has 7 N–H and O–H groups in total. The molecule has 4 rings (SSSR count). The van der Waals surface area contributed by atoms with Crippen LogP contribution in [0.2, 0.25) is 0 Å². The number of phenols is 1. The Morgan fingerprint density at radius 2 is 1.39 bits per heavy atom. The molecular weight excluding hydrogens is 624 g/mol. The van der Waals surface area contributed by atoms with Crippen molar-refractivity contribution < 1.29 is 34.4 Å². The molecule has 0 bridgehead atoms. The van der Waals surface area contributed by atoms with Gasteiger partial charge in [-0.2, -0.15) is 0 Å². The number of carbonyl (C=O) groups excluding carboxylic acids is 2. The molecule has 3 amide bonds. The molecule has 0 aliphatic carbocycles. The molecule has 4 aromatic rings. The van der Waals surface area contributed by atoms with Crippen LogP contribution in [0.3, 0.4) is 0 Å². The summed E-state index contributed by atoms with van der Waals surface area (Å²) in [6.07, 6.45) is 3.35. The lowest BCUT2D eigenvalue weighted by molar-refractivity contribution is 0.0393. The van der Waals surface area contributed by atoms with E-state index >= 15 is 0 Å². The van der Waals surface area contributed by atoms with Crippen molar-refractivity contribution in [3.8, 4) is 5.75 Å². The van der Waals surface area contributed by atoms with Gasteiger partial charge in [0, 0.05) is 41.3 Å². The van der Waals surface area contributed by atoms with E-state index in [9.17, 15) is 24.9 Å². The average molecular weight is 671 g/mol. The fourth-order valence-corrected chi connectivity index (χ4v) is 5.01. The lowest BCUT2D eigenvalue weighted by Gasteiger charge is -2.14. The number of ether oxygens (including phenoxy) is 2. The molecule has 11 heteroatoms. The maximum atomic E-state index is 12.6. The van der Waals surface area contributed by atoms with Gasteiger partial charge in [-0.3, -0.25) is 4.79 Å². The molecule has 0 aliphatic heterocycles. The molecule has 11 nitrogen and oxygen atoms in total. The molecule has 0 aliphatic rings. The zero-order chi connectivity index (χ0) is 34.7. The molecule has 0 radical (unpaired) electrons. The van der Waals surface area contributed by atoms with E-state index in [1.54, 1.807) is 66.7 Å². The Labute approximate surface area is 287 Å². The number of aliphatic hydroxyl groups excluding tert-OH is 2. The molecule has 260 valence electrons. The first kappa shape index (κ1) is 37.0. The molecule has 1 atom stereocenters. The highest BCUT2D eigenvalue weighted by Crippen LogP contribution is 2.22. The van der Waals surface area contributed by atoms with E-state index < -0.39 is 12.1 Å². The molecule has 0 saturated carbocycles. The second kappa shape index (κ2) is 20.6. The predicted octanol–water partition coefficient (Wildman–Crippen LogP) is 6.20. The van der Waals surface area contributed by atoms with Crippen LogP contribution in [0.1, 0.15) is 58.8 Å². The minimum absolute atomic E-state index is 0.0242. The van der Waals surface area contributed by atoms with Crippen LogP contribution in [0.4, 0.5) is 21.9 Å². The van der Waals surface area contributed by atoms with Crippen molar-refractivity contribution in [2.75, 3.05) is 48.9 Å². The summed E-state index contributed by atoms with van der Waals surface area (Å²) in [5, 5.41) is 41.0. The minimum Gasteiger partial charge on any atom is -0.508 e. The smallest absolute Gasteiger partial charge is 0.323 e. The normalized spacial score (nSPS) is 11.6. The lowest BCUT2D eigenvalue weighted by Crippen LogP contribution is -2.22. The Balaban J connectivity index is 1.02. The number of carbonyl (C=O) groups is 2. The molecule has 4 aromatic carbocycles. The van der Waals surface area contributed by atoms with Gasteiger partial charge in [0.1, 0.15) is 5.75 Å². The van der Waals surface area contributed by atoms with Crippen LogP contribution in [0, 0.1) is 0 Å². The van der Waals surface area contributed by atoms with Gasteiger partial charge in [-0.15, -0.1) is 0 Å². The number of hydrogen-bond acceptors (Lipinski definition) is 8. The number of nitrogens with one attached hydrogen (secondary N) is 4. The van der Waals surface area contributed by atoms with Crippen molar-refractivity contribution in [2.24, 2.45) is 0 Å². The largest absolute Gasteiger partial charge is 0.508 e. The number of aromatic hydroxyl groups is 1. The highest BCUT2D eigenvalue weighted by Gasteiger charge is 2.10. The molecule has 0 aromatic heterocycles. The maximum Gasteiger partial charge on any atom is 0.323 e. The highest BCUT2D eigenvalue weighted by molar-refractivity contribution is 6.05. The summed E-state index contributed by atoms with van der Waals surface area (Å²) >= 11 is 0. The van der Waals surface area contributed by atoms with E-state index in [0.717, 1.165) is 37.8 Å². The van der Waals surface area contributed by atoms with Crippen molar-refractivity contribution >= 4 is 29.0 Å². The maximum absolute atomic E-state index is 12.6. The predicted molar refractivity (Wildman–Crippen MR) is 191 cm³/mol. The van der Waals surface area contributed by atoms with E-state index in [2.05, 4.69) is 21.3 Å². The van der Waals surface area contributed by atoms with Crippen LogP contribution in [0.15, 0.2) is 97.1 Å². The van der Waals surface area contributed by atoms with Gasteiger partial charge in [0.15, 0.2) is 0 Å². The number of aliphatic hydroxyl groups is 2. The fourth-order valence-electron chi connectivity index (χ4n) is 5.01. The van der Waals surface area contributed by atoms with E-state index in [0.29, 0.717) is 66.7 Å². The van der Waals surface area contributed by atoms with Crippen LogP contribution < -0.4 is 21.3 Å². The summed E-state index contributed by atoms with van der Waals surface area (Å²) in [7, 11) is 0. The second-order valence-corrected chi connectivity index (χ2v) is 11.5. The second-order valence-electron chi connectivity index (χ2n) is 11.5. The number of amides is 3. The third-order valence-electron chi connectivity index (χ3n) is 7.63. The summed E-state index contributed by atoms with van der Waals surface area (Å²) in [6.45, 7) is 2.94. The molecule has 0 fully saturated rings. The SMILES string of the molecule is O=C(Nc1cccc(COCCOCCCCCCNC[C@H](O)c2ccc(O)c(CO)c2)c1)Nc1cccc(NC(=O)c2ccccc2)c1. The first-order valence-corrected chi connectivity index (χ1v) is 16.5. The third kappa shape index (κ3) is 13.3. The van der Waals surface area contributed by atoms with E-state index in [1.807, 2.05) is 24.3 Å². The number of urea groups is 1. The van der Waals surface area contributed by atoms with Crippen molar-refractivity contribution in [3.05, 3.63) is 119 Å². The Morgan fingerprint density at radius 3 is 2.16 bits per heavy atom. The summed E-state index contributed by atoms with van der Waals surface area (Å²) in [5.74, 6) is -0.206. The Kier molecular flexibility index (Phi) is 15.5. The topological polar surface area (TPSA) is 161 Å². The van der Waals surface area contributed by atoms with E-state index in [-0.39, 0.29) is 18.3 Å². The van der Waals surface area contributed by atoms with Gasteiger partial charge in [0.25, 0.3) is 5.91 Å². The number of unbranched alkanes of at least 4 members (excludes halogenated alkanes) is 3. The first-order valence-electron chi connectivity index (χ1n) is 16.5. The van der Waals surface area contributed by atoms with Gasteiger partial charge >= 0.3 is 6.03 Å². The first-order chi connectivity index (χ1) is 23.9. The Bertz CT molecular complexity index is 1600. The zero-order valence-electron chi connectivity index (χ0n) is 27.6. The molecular formula is C38H46N4O7. The molecule has 0 unspecified atom stereocenters. The number of rotatable bonds is 20. The van der Waals surface area contributed by atoms with Gasteiger partial charge in [0.05, 0.1) is 32.5 Å². The van der Waals surface area contributed by atoms with E-state index in [4.69, 9.17) is 9.47 Å². The van der Waals surface area contributed by atoms with Crippen LogP contribution in [0.5, 0.6) is 5.75 Å². The van der Waals surface area contributed by atoms with Crippen LogP contribution in [-0.4, -0.2) is 60.2 Å². The molecule has 0 spiro atoms. The van der Waals surface area contributed by atoms with Crippen LogP contribution in [-0.2, 0) is 22.7 Å². The van der Waals surface area contributed by atoms with Gasteiger partial charge in [-0.05, 0) is 85.1 Å². The van der Waals surface area contributed by atoms with Crippen molar-refractivity contribution in [2.45, 2.75) is 45.0 Å². The van der Waals surface area contributed by atoms with Gasteiger partial charge < -0.3 is 46.1 Å². The van der Waals surface area contributed by atoms with Crippen molar-refractivity contribution in [3.63, 3.8) is 0 Å². The lowest BCUT2D eigenvalue weighted by atomic mass is 10.1. The van der Waals surface area contributed by atoms with Gasteiger partial charge in [-0.25, -0.2) is 4.79 Å². The summed E-state index contributed by atoms with van der Waals surface area (Å²) < 4.78 is 11.4. The quantitative estimate of drug-likeness (QED) is 0.0548. The number of benzene rings is 4. The average Bonchev–Trinajstić information content (AvgIpc) is 3.11. The summed E-state index contributed by atoms with van der Waals surface area (Å²) in [6, 6.07) is 27.7. The number of anilines is 3. The van der Waals surface area contributed by atoms with Crippen LogP contribution >= 0.6 is 0 Å².